The van der Waals surface area contributed by atoms with Crippen LogP contribution >= 0.6 is 11.6 Å². The van der Waals surface area contributed by atoms with E-state index in [9.17, 15) is 18.9 Å². The first-order chi connectivity index (χ1) is 8.78. The Morgan fingerprint density at radius 3 is 2.79 bits per heavy atom. The predicted octanol–water partition coefficient (Wildman–Crippen LogP) is 3.41. The first-order valence-electron chi connectivity index (χ1n) is 5.72. The van der Waals surface area contributed by atoms with Crippen molar-refractivity contribution in [3.05, 3.63) is 27.0 Å². The van der Waals surface area contributed by atoms with Gasteiger partial charge in [0, 0.05) is 25.5 Å². The van der Waals surface area contributed by atoms with Crippen molar-refractivity contribution in [3.8, 4) is 0 Å². The third kappa shape index (κ3) is 3.09. The van der Waals surface area contributed by atoms with Gasteiger partial charge in [0.1, 0.15) is 16.5 Å². The molecule has 1 aromatic rings. The number of nitrogens with zero attached hydrogens (tertiary/aromatic N) is 2. The van der Waals surface area contributed by atoms with E-state index in [-0.39, 0.29) is 47.5 Å². The molecule has 0 aliphatic heterocycles. The summed E-state index contributed by atoms with van der Waals surface area (Å²) in [6, 6.07) is 1.34. The normalized spacial score (nSPS) is 17.9. The Balaban J connectivity index is 2.09. The van der Waals surface area contributed by atoms with Gasteiger partial charge in [0.25, 0.3) is 0 Å². The van der Waals surface area contributed by atoms with Crippen LogP contribution < -0.4 is 5.32 Å². The van der Waals surface area contributed by atoms with Crippen LogP contribution in [0.15, 0.2) is 6.07 Å². The summed E-state index contributed by atoms with van der Waals surface area (Å²) in [4.78, 5) is 14.2. The minimum absolute atomic E-state index is 0.129. The van der Waals surface area contributed by atoms with Gasteiger partial charge >= 0.3 is 5.69 Å². The third-order valence-electron chi connectivity index (χ3n) is 3.07. The molecular formula is C11H12ClF2N3O2. The summed E-state index contributed by atoms with van der Waals surface area (Å²) >= 11 is 5.74. The maximum Gasteiger partial charge on any atom is 0.313 e. The van der Waals surface area contributed by atoms with E-state index in [1.807, 2.05) is 0 Å². The van der Waals surface area contributed by atoms with Crippen molar-refractivity contribution in [2.24, 2.45) is 5.92 Å². The standard InChI is InChI=1S/C11H12ClF2N3O2/c1-6-10(17(18)19)8(2-9(12)16-6)15-5-7-3-11(13,14)4-7/h2,7H,3-5H2,1H3,(H,15,16). The quantitative estimate of drug-likeness (QED) is 0.524. The summed E-state index contributed by atoms with van der Waals surface area (Å²) in [6.07, 6.45) is -0.378. The molecule has 0 saturated heterocycles. The van der Waals surface area contributed by atoms with Gasteiger partial charge in [-0.2, -0.15) is 0 Å². The molecule has 0 bridgehead atoms. The van der Waals surface area contributed by atoms with E-state index in [1.54, 1.807) is 0 Å². The largest absolute Gasteiger partial charge is 0.379 e. The van der Waals surface area contributed by atoms with Gasteiger partial charge in [-0.25, -0.2) is 13.8 Å². The average molecular weight is 292 g/mol. The molecule has 1 aliphatic carbocycles. The van der Waals surface area contributed by atoms with Gasteiger partial charge in [-0.15, -0.1) is 0 Å². The molecule has 1 heterocycles. The van der Waals surface area contributed by atoms with E-state index in [2.05, 4.69) is 10.3 Å². The van der Waals surface area contributed by atoms with E-state index < -0.39 is 10.8 Å². The van der Waals surface area contributed by atoms with Crippen LogP contribution in [-0.2, 0) is 0 Å². The Labute approximate surface area is 113 Å². The van der Waals surface area contributed by atoms with Gasteiger partial charge in [0.2, 0.25) is 5.92 Å². The fourth-order valence-electron chi connectivity index (χ4n) is 2.18. The van der Waals surface area contributed by atoms with Crippen molar-refractivity contribution in [3.63, 3.8) is 0 Å². The highest BCUT2D eigenvalue weighted by molar-refractivity contribution is 6.29. The molecule has 1 aliphatic rings. The molecule has 0 atom stereocenters. The molecule has 0 aromatic carbocycles. The van der Waals surface area contributed by atoms with Crippen molar-refractivity contribution < 1.29 is 13.7 Å². The minimum Gasteiger partial charge on any atom is -0.379 e. The van der Waals surface area contributed by atoms with Crippen LogP contribution in [-0.4, -0.2) is 22.4 Å². The molecular weight excluding hydrogens is 280 g/mol. The van der Waals surface area contributed by atoms with E-state index in [0.717, 1.165) is 0 Å². The molecule has 104 valence electrons. The van der Waals surface area contributed by atoms with Crippen LogP contribution in [0.25, 0.3) is 0 Å². The Bertz CT molecular complexity index is 517. The van der Waals surface area contributed by atoms with Crippen LogP contribution in [0.4, 0.5) is 20.2 Å². The topological polar surface area (TPSA) is 68.1 Å². The first kappa shape index (κ1) is 13.9. The molecule has 2 rings (SSSR count). The van der Waals surface area contributed by atoms with Crippen LogP contribution in [0.2, 0.25) is 5.15 Å². The summed E-state index contributed by atoms with van der Waals surface area (Å²) in [5, 5.41) is 13.9. The predicted molar refractivity (Wildman–Crippen MR) is 66.8 cm³/mol. The highest BCUT2D eigenvalue weighted by Crippen LogP contribution is 2.42. The number of aryl methyl sites for hydroxylation is 1. The monoisotopic (exact) mass is 291 g/mol. The lowest BCUT2D eigenvalue weighted by molar-refractivity contribution is -0.384. The molecule has 0 radical (unpaired) electrons. The number of hydrogen-bond acceptors (Lipinski definition) is 4. The zero-order valence-electron chi connectivity index (χ0n) is 10.1. The summed E-state index contributed by atoms with van der Waals surface area (Å²) < 4.78 is 25.4. The Hall–Kier alpha value is -1.50. The fourth-order valence-corrected chi connectivity index (χ4v) is 2.41. The Morgan fingerprint density at radius 1 is 1.63 bits per heavy atom. The van der Waals surface area contributed by atoms with Gasteiger partial charge in [-0.05, 0) is 12.8 Å². The summed E-state index contributed by atoms with van der Waals surface area (Å²) in [5.41, 5.74) is 0.243. The number of aromatic nitrogens is 1. The molecule has 8 heteroatoms. The van der Waals surface area contributed by atoms with E-state index in [4.69, 9.17) is 11.6 Å². The van der Waals surface area contributed by atoms with Gasteiger partial charge < -0.3 is 5.32 Å². The lowest BCUT2D eigenvalue weighted by Gasteiger charge is -2.35. The van der Waals surface area contributed by atoms with Crippen molar-refractivity contribution in [2.75, 3.05) is 11.9 Å². The van der Waals surface area contributed by atoms with Gasteiger partial charge in [0.15, 0.2) is 0 Å². The second kappa shape index (κ2) is 4.88. The van der Waals surface area contributed by atoms with Crippen molar-refractivity contribution in [1.29, 1.82) is 0 Å². The number of rotatable bonds is 4. The Kier molecular flexibility index (Phi) is 3.58. The summed E-state index contributed by atoms with van der Waals surface area (Å²) in [7, 11) is 0. The second-order valence-electron chi connectivity index (χ2n) is 4.69. The number of nitrogens with one attached hydrogen (secondary N) is 1. The zero-order chi connectivity index (χ0) is 14.2. The lowest BCUT2D eigenvalue weighted by Crippen LogP contribution is -2.39. The van der Waals surface area contributed by atoms with Gasteiger partial charge in [-0.3, -0.25) is 10.1 Å². The molecule has 5 nitrogen and oxygen atoms in total. The number of halogens is 3. The molecule has 0 unspecified atom stereocenters. The van der Waals surface area contributed by atoms with E-state index in [0.29, 0.717) is 0 Å². The second-order valence-corrected chi connectivity index (χ2v) is 5.08. The zero-order valence-corrected chi connectivity index (χ0v) is 10.9. The highest BCUT2D eigenvalue weighted by atomic mass is 35.5. The van der Waals surface area contributed by atoms with Crippen molar-refractivity contribution >= 4 is 23.0 Å². The van der Waals surface area contributed by atoms with Crippen LogP contribution in [0, 0.1) is 23.0 Å². The molecule has 1 N–H and O–H groups in total. The fraction of sp³-hybridized carbons (Fsp3) is 0.545. The van der Waals surface area contributed by atoms with Crippen LogP contribution in [0.5, 0.6) is 0 Å². The van der Waals surface area contributed by atoms with E-state index in [1.165, 1.54) is 13.0 Å². The van der Waals surface area contributed by atoms with Crippen molar-refractivity contribution in [2.45, 2.75) is 25.7 Å². The number of alkyl halides is 2. The number of nitro groups is 1. The first-order valence-corrected chi connectivity index (χ1v) is 6.09. The van der Waals surface area contributed by atoms with Crippen molar-refractivity contribution in [1.82, 2.24) is 4.98 Å². The average Bonchev–Trinajstić information content (AvgIpc) is 2.21. The van der Waals surface area contributed by atoms with Gasteiger partial charge in [0.05, 0.1) is 4.92 Å². The molecule has 1 fully saturated rings. The molecule has 19 heavy (non-hydrogen) atoms. The maximum atomic E-state index is 12.7. The third-order valence-corrected chi connectivity index (χ3v) is 3.27. The SMILES string of the molecule is Cc1nc(Cl)cc(NCC2CC(F)(F)C2)c1[N+](=O)[O-]. The summed E-state index contributed by atoms with van der Waals surface area (Å²) in [6.45, 7) is 1.74. The number of anilines is 1. The molecule has 1 aromatic heterocycles. The Morgan fingerprint density at radius 2 is 2.26 bits per heavy atom. The number of pyridine rings is 1. The number of hydrogen-bond donors (Lipinski definition) is 1. The van der Waals surface area contributed by atoms with Gasteiger partial charge in [-0.1, -0.05) is 11.6 Å². The van der Waals surface area contributed by atoms with Crippen LogP contribution in [0.3, 0.4) is 0 Å². The maximum absolute atomic E-state index is 12.7. The highest BCUT2D eigenvalue weighted by Gasteiger charge is 2.45. The lowest BCUT2D eigenvalue weighted by atomic mass is 9.81. The molecule has 0 spiro atoms. The van der Waals surface area contributed by atoms with E-state index >= 15 is 0 Å². The minimum atomic E-state index is -2.59. The summed E-state index contributed by atoms with van der Waals surface area (Å²) in [5.74, 6) is -2.77. The molecule has 1 saturated carbocycles. The van der Waals surface area contributed by atoms with Crippen LogP contribution in [0.1, 0.15) is 18.5 Å². The molecule has 0 amide bonds. The smallest absolute Gasteiger partial charge is 0.313 e.